The molecule has 0 spiro atoms. The molecule has 2 heterocycles. The molecule has 0 atom stereocenters. The summed E-state index contributed by atoms with van der Waals surface area (Å²) >= 11 is 0. The average molecular weight is 481 g/mol. The Morgan fingerprint density at radius 1 is 0.971 bits per heavy atom. The third-order valence-electron chi connectivity index (χ3n) is 4.79. The van der Waals surface area contributed by atoms with E-state index in [9.17, 15) is 8.42 Å². The highest BCUT2D eigenvalue weighted by atomic mass is 32.2. The van der Waals surface area contributed by atoms with Gasteiger partial charge in [0.2, 0.25) is 10.0 Å². The van der Waals surface area contributed by atoms with Gasteiger partial charge in [0.05, 0.1) is 47.8 Å². The summed E-state index contributed by atoms with van der Waals surface area (Å²) in [6, 6.07) is 7.34. The van der Waals surface area contributed by atoms with Gasteiger partial charge in [0.1, 0.15) is 6.33 Å². The minimum absolute atomic E-state index is 0.391. The molecule has 0 saturated carbocycles. The van der Waals surface area contributed by atoms with Crippen LogP contribution in [0.3, 0.4) is 0 Å². The molecule has 2 aromatic heterocycles. The first-order chi connectivity index (χ1) is 16.3. The summed E-state index contributed by atoms with van der Waals surface area (Å²) in [5.74, 6) is 7.58. The third kappa shape index (κ3) is 6.23. The quantitative estimate of drug-likeness (QED) is 0.487. The van der Waals surface area contributed by atoms with Gasteiger partial charge in [-0.15, -0.1) is 0 Å². The molecule has 3 aromatic rings. The smallest absolute Gasteiger partial charge is 0.229 e. The Morgan fingerprint density at radius 3 is 2.38 bits per heavy atom. The van der Waals surface area contributed by atoms with Crippen LogP contribution in [0.25, 0.3) is 11.3 Å². The zero-order valence-electron chi connectivity index (χ0n) is 20.0. The predicted molar refractivity (Wildman–Crippen MR) is 133 cm³/mol. The van der Waals surface area contributed by atoms with Crippen LogP contribution in [0.2, 0.25) is 0 Å². The Bertz CT molecular complexity index is 1340. The van der Waals surface area contributed by atoms with Crippen molar-refractivity contribution in [3.8, 4) is 34.6 Å². The molecular weight excluding hydrogens is 452 g/mol. The third-order valence-corrected chi connectivity index (χ3v) is 5.38. The molecule has 0 aliphatic heterocycles. The van der Waals surface area contributed by atoms with E-state index in [1.54, 1.807) is 19.2 Å². The van der Waals surface area contributed by atoms with E-state index in [-0.39, 0.29) is 0 Å². The molecule has 0 radical (unpaired) electrons. The summed E-state index contributed by atoms with van der Waals surface area (Å²) in [5, 5.41) is 0. The van der Waals surface area contributed by atoms with E-state index in [2.05, 4.69) is 31.5 Å². The van der Waals surface area contributed by atoms with Crippen LogP contribution < -0.4 is 14.2 Å². The average Bonchev–Trinajstić information content (AvgIpc) is 2.80. The molecule has 0 aliphatic carbocycles. The van der Waals surface area contributed by atoms with Crippen molar-refractivity contribution in [2.75, 3.05) is 24.2 Å². The predicted octanol–water partition coefficient (Wildman–Crippen LogP) is 3.98. The number of aryl methyl sites for hydroxylation is 2. The number of anilines is 1. The van der Waals surface area contributed by atoms with Gasteiger partial charge in [0, 0.05) is 17.3 Å². The molecular formula is C25H28N4O4S. The maximum Gasteiger partial charge on any atom is 0.229 e. The van der Waals surface area contributed by atoms with Crippen LogP contribution in [-0.2, 0) is 16.4 Å². The van der Waals surface area contributed by atoms with Crippen molar-refractivity contribution in [1.29, 1.82) is 0 Å². The van der Waals surface area contributed by atoms with Gasteiger partial charge in [-0.2, -0.15) is 0 Å². The summed E-state index contributed by atoms with van der Waals surface area (Å²) in [7, 11) is -3.43. The van der Waals surface area contributed by atoms with Crippen LogP contribution in [0, 0.1) is 18.8 Å². The van der Waals surface area contributed by atoms with E-state index in [4.69, 9.17) is 9.47 Å². The Hall–Kier alpha value is -3.64. The normalized spacial score (nSPS) is 10.9. The van der Waals surface area contributed by atoms with Crippen LogP contribution in [0.1, 0.15) is 43.3 Å². The highest BCUT2D eigenvalue weighted by Gasteiger charge is 2.14. The van der Waals surface area contributed by atoms with Crippen molar-refractivity contribution in [3.05, 3.63) is 59.3 Å². The van der Waals surface area contributed by atoms with Gasteiger partial charge in [-0.05, 0) is 51.5 Å². The zero-order valence-corrected chi connectivity index (χ0v) is 20.8. The van der Waals surface area contributed by atoms with E-state index in [1.165, 1.54) is 6.33 Å². The Balaban J connectivity index is 2.09. The van der Waals surface area contributed by atoms with Gasteiger partial charge in [0.25, 0.3) is 0 Å². The molecule has 34 heavy (non-hydrogen) atoms. The fraction of sp³-hybridized carbons (Fsp3) is 0.320. The zero-order chi connectivity index (χ0) is 24.7. The molecule has 1 aromatic carbocycles. The highest BCUT2D eigenvalue weighted by Crippen LogP contribution is 2.33. The second-order valence-corrected chi connectivity index (χ2v) is 9.15. The maximum atomic E-state index is 11.7. The van der Waals surface area contributed by atoms with Crippen LogP contribution in [0.15, 0.2) is 36.8 Å². The summed E-state index contributed by atoms with van der Waals surface area (Å²) in [4.78, 5) is 13.2. The van der Waals surface area contributed by atoms with Gasteiger partial charge in [-0.3, -0.25) is 9.71 Å². The summed E-state index contributed by atoms with van der Waals surface area (Å²) in [6.45, 7) is 8.61. The lowest BCUT2D eigenvalue weighted by Gasteiger charge is -2.13. The first-order valence-electron chi connectivity index (χ1n) is 11.0. The van der Waals surface area contributed by atoms with E-state index in [0.717, 1.165) is 17.5 Å². The second kappa shape index (κ2) is 11.0. The van der Waals surface area contributed by atoms with Crippen molar-refractivity contribution < 1.29 is 17.9 Å². The number of ether oxygens (including phenoxy) is 2. The number of hydrogen-bond acceptors (Lipinski definition) is 7. The topological polar surface area (TPSA) is 103 Å². The van der Waals surface area contributed by atoms with Crippen molar-refractivity contribution in [3.63, 3.8) is 0 Å². The van der Waals surface area contributed by atoms with Crippen LogP contribution in [0.5, 0.6) is 11.5 Å². The number of hydrogen-bond donors (Lipinski definition) is 1. The molecule has 1 N–H and O–H groups in total. The minimum Gasteiger partial charge on any atom is -0.490 e. The monoisotopic (exact) mass is 480 g/mol. The molecule has 0 bridgehead atoms. The van der Waals surface area contributed by atoms with E-state index >= 15 is 0 Å². The summed E-state index contributed by atoms with van der Waals surface area (Å²) in [6.07, 6.45) is 4.90. The molecule has 9 heteroatoms. The number of pyridine rings is 1. The lowest BCUT2D eigenvalue weighted by Crippen LogP contribution is -2.11. The van der Waals surface area contributed by atoms with E-state index in [0.29, 0.717) is 59.3 Å². The molecule has 0 aliphatic rings. The molecule has 0 amide bonds. The summed E-state index contributed by atoms with van der Waals surface area (Å²) in [5.41, 5.74) is 4.52. The minimum atomic E-state index is -3.43. The number of rotatable bonds is 8. The lowest BCUT2D eigenvalue weighted by molar-refractivity contribution is 0.288. The van der Waals surface area contributed by atoms with Crippen molar-refractivity contribution in [2.45, 2.75) is 34.1 Å². The lowest BCUT2D eigenvalue weighted by atomic mass is 10.0. The molecule has 0 saturated heterocycles. The number of aromatic nitrogens is 3. The number of nitrogens with one attached hydrogen (secondary N) is 1. The van der Waals surface area contributed by atoms with Gasteiger partial charge < -0.3 is 9.47 Å². The largest absolute Gasteiger partial charge is 0.490 e. The number of benzene rings is 1. The fourth-order valence-electron chi connectivity index (χ4n) is 3.28. The number of nitrogens with zero attached hydrogens (tertiary/aromatic N) is 3. The van der Waals surface area contributed by atoms with Gasteiger partial charge in [-0.1, -0.05) is 18.8 Å². The van der Waals surface area contributed by atoms with Crippen LogP contribution in [0.4, 0.5) is 5.69 Å². The summed E-state index contributed by atoms with van der Waals surface area (Å²) < 4.78 is 37.2. The first kappa shape index (κ1) is 25.0. The van der Waals surface area contributed by atoms with Crippen LogP contribution >= 0.6 is 0 Å². The van der Waals surface area contributed by atoms with Crippen molar-refractivity contribution >= 4 is 15.7 Å². The molecule has 178 valence electrons. The van der Waals surface area contributed by atoms with E-state index < -0.39 is 10.0 Å². The molecule has 0 unspecified atom stereocenters. The highest BCUT2D eigenvalue weighted by molar-refractivity contribution is 7.92. The Morgan fingerprint density at radius 2 is 1.71 bits per heavy atom. The van der Waals surface area contributed by atoms with Crippen LogP contribution in [-0.4, -0.2) is 42.8 Å². The molecule has 0 fully saturated rings. The van der Waals surface area contributed by atoms with Gasteiger partial charge in [0.15, 0.2) is 11.5 Å². The van der Waals surface area contributed by atoms with E-state index in [1.807, 2.05) is 39.0 Å². The Labute approximate surface area is 200 Å². The fourth-order valence-corrected chi connectivity index (χ4v) is 3.88. The Kier molecular flexibility index (Phi) is 8.08. The molecule has 8 nitrogen and oxygen atoms in total. The van der Waals surface area contributed by atoms with Crippen molar-refractivity contribution in [1.82, 2.24) is 15.0 Å². The van der Waals surface area contributed by atoms with Gasteiger partial charge >= 0.3 is 0 Å². The first-order valence-corrected chi connectivity index (χ1v) is 12.8. The number of sulfonamides is 1. The van der Waals surface area contributed by atoms with Crippen molar-refractivity contribution in [2.24, 2.45) is 0 Å². The maximum absolute atomic E-state index is 11.7. The molecule has 3 rings (SSSR count). The second-order valence-electron chi connectivity index (χ2n) is 7.41. The SMILES string of the molecule is CCOc1ccc(-c2ncnc(CC)c2C#Cc2cnc(C)c(NS(C)(=O)=O)c2)cc1OCC. The van der Waals surface area contributed by atoms with Gasteiger partial charge in [-0.25, -0.2) is 18.4 Å². The standard InChI is InChI=1S/C25H28N4O4S/c1-6-21-20(11-9-18-13-22(17(4)26-15-18)29-34(5,30)31)25(28-16-27-21)19-10-12-23(32-7-2)24(14-19)33-8-3/h10,12-16,29H,6-8H2,1-5H3.